The summed E-state index contributed by atoms with van der Waals surface area (Å²) in [4.78, 5) is 35.4. The quantitative estimate of drug-likeness (QED) is 0.636. The fraction of sp³-hybridized carbons (Fsp3) is 0.769. The summed E-state index contributed by atoms with van der Waals surface area (Å²) in [5.74, 6) is -1.49. The van der Waals surface area contributed by atoms with Crippen LogP contribution in [0.25, 0.3) is 0 Å². The molecule has 0 spiro atoms. The van der Waals surface area contributed by atoms with E-state index in [0.29, 0.717) is 25.9 Å². The molecular formula is C13H22N2O5. The molecule has 0 saturated carbocycles. The summed E-state index contributed by atoms with van der Waals surface area (Å²) in [6, 6.07) is 0. The van der Waals surface area contributed by atoms with E-state index in [1.54, 1.807) is 4.90 Å². The molecule has 0 aliphatic carbocycles. The molecule has 1 rings (SSSR count). The van der Waals surface area contributed by atoms with Crippen LogP contribution in [-0.2, 0) is 14.4 Å². The Bertz CT molecular complexity index is 386. The van der Waals surface area contributed by atoms with Crippen LogP contribution in [0.4, 0.5) is 0 Å². The van der Waals surface area contributed by atoms with Crippen molar-refractivity contribution in [3.63, 3.8) is 0 Å². The predicted octanol–water partition coefficient (Wildman–Crippen LogP) is -0.413. The number of hydrogen-bond acceptors (Lipinski definition) is 4. The maximum absolute atomic E-state index is 11.9. The summed E-state index contributed by atoms with van der Waals surface area (Å²) >= 11 is 0. The highest BCUT2D eigenvalue weighted by Crippen LogP contribution is 2.18. The summed E-state index contributed by atoms with van der Waals surface area (Å²) in [5, 5.41) is 21.0. The van der Waals surface area contributed by atoms with Gasteiger partial charge in [-0.3, -0.25) is 14.4 Å². The molecule has 3 N–H and O–H groups in total. The lowest BCUT2D eigenvalue weighted by atomic mass is 9.95. The summed E-state index contributed by atoms with van der Waals surface area (Å²) in [6.07, 6.45) is 0.759. The lowest BCUT2D eigenvalue weighted by molar-refractivity contribution is -0.142. The molecule has 1 fully saturated rings. The second kappa shape index (κ2) is 6.69. The number of carbonyl (C=O) groups is 3. The summed E-state index contributed by atoms with van der Waals surface area (Å²) in [6.45, 7) is 3.90. The van der Waals surface area contributed by atoms with E-state index in [2.05, 4.69) is 5.32 Å². The molecule has 2 amide bonds. The van der Waals surface area contributed by atoms with Crippen molar-refractivity contribution in [1.82, 2.24) is 10.2 Å². The molecule has 1 saturated heterocycles. The zero-order chi connectivity index (χ0) is 15.3. The molecule has 1 unspecified atom stereocenters. The number of carboxylic acid groups (broad SMARTS) is 1. The van der Waals surface area contributed by atoms with Crippen molar-refractivity contribution >= 4 is 17.8 Å². The van der Waals surface area contributed by atoms with E-state index in [1.165, 1.54) is 13.8 Å². The van der Waals surface area contributed by atoms with Crippen molar-refractivity contribution in [3.8, 4) is 0 Å². The lowest BCUT2D eigenvalue weighted by Crippen LogP contribution is -2.46. The van der Waals surface area contributed by atoms with Gasteiger partial charge in [0.1, 0.15) is 0 Å². The van der Waals surface area contributed by atoms with Gasteiger partial charge in [0.05, 0.1) is 12.0 Å². The fourth-order valence-electron chi connectivity index (χ4n) is 2.27. The maximum atomic E-state index is 11.9. The molecule has 7 nitrogen and oxygen atoms in total. The van der Waals surface area contributed by atoms with Crippen LogP contribution in [0, 0.1) is 5.92 Å². The molecule has 7 heteroatoms. The topological polar surface area (TPSA) is 107 Å². The highest BCUT2D eigenvalue weighted by atomic mass is 16.4. The molecule has 0 aromatic carbocycles. The number of hydrogen-bond donors (Lipinski definition) is 3. The molecule has 1 aliphatic heterocycles. The largest absolute Gasteiger partial charge is 0.481 e. The Morgan fingerprint density at radius 1 is 1.30 bits per heavy atom. The van der Waals surface area contributed by atoms with Gasteiger partial charge < -0.3 is 20.4 Å². The van der Waals surface area contributed by atoms with Crippen molar-refractivity contribution in [2.75, 3.05) is 19.6 Å². The Balaban J connectivity index is 2.37. The van der Waals surface area contributed by atoms with E-state index in [4.69, 9.17) is 5.11 Å². The van der Waals surface area contributed by atoms with Crippen molar-refractivity contribution < 1.29 is 24.6 Å². The Morgan fingerprint density at radius 2 is 1.85 bits per heavy atom. The Kier molecular flexibility index (Phi) is 5.50. The van der Waals surface area contributed by atoms with Crippen molar-refractivity contribution in [3.05, 3.63) is 0 Å². The molecule has 114 valence electrons. The highest BCUT2D eigenvalue weighted by Gasteiger charge is 2.29. The average molecular weight is 286 g/mol. The third-order valence-corrected chi connectivity index (χ3v) is 3.49. The first-order chi connectivity index (χ1) is 9.21. The van der Waals surface area contributed by atoms with E-state index in [9.17, 15) is 19.5 Å². The Morgan fingerprint density at radius 3 is 2.30 bits per heavy atom. The minimum absolute atomic E-state index is 0.00764. The molecule has 0 radical (unpaired) electrons. The zero-order valence-corrected chi connectivity index (χ0v) is 11.9. The number of likely N-dealkylation sites (tertiary alicyclic amines) is 1. The summed E-state index contributed by atoms with van der Waals surface area (Å²) in [7, 11) is 0. The van der Waals surface area contributed by atoms with Crippen LogP contribution < -0.4 is 5.32 Å². The van der Waals surface area contributed by atoms with Crippen LogP contribution >= 0.6 is 0 Å². The van der Waals surface area contributed by atoms with Gasteiger partial charge in [-0.1, -0.05) is 0 Å². The second-order valence-corrected chi connectivity index (χ2v) is 5.57. The van der Waals surface area contributed by atoms with Gasteiger partial charge in [0.25, 0.3) is 0 Å². The number of aliphatic hydroxyl groups is 1. The Hall–Kier alpha value is -1.63. The predicted molar refractivity (Wildman–Crippen MR) is 70.9 cm³/mol. The van der Waals surface area contributed by atoms with Gasteiger partial charge in [-0.15, -0.1) is 0 Å². The van der Waals surface area contributed by atoms with Crippen LogP contribution in [0.2, 0.25) is 0 Å². The zero-order valence-electron chi connectivity index (χ0n) is 11.9. The van der Waals surface area contributed by atoms with Crippen LogP contribution in [0.15, 0.2) is 0 Å². The van der Waals surface area contributed by atoms with Crippen molar-refractivity contribution in [2.45, 2.75) is 38.7 Å². The number of aliphatic carboxylic acids is 1. The lowest BCUT2D eigenvalue weighted by Gasteiger charge is -2.31. The number of amides is 2. The molecule has 0 bridgehead atoms. The number of rotatable bonds is 5. The first-order valence-corrected chi connectivity index (χ1v) is 6.69. The standard InChI is InChI=1S/C13H22N2O5/c1-9(16)15-5-3-10(4-6-15)12(19)14-8-13(2,20)7-11(17)18/h10,20H,3-8H2,1-2H3,(H,14,19)(H,17,18). The average Bonchev–Trinajstić information content (AvgIpc) is 2.34. The van der Waals surface area contributed by atoms with Gasteiger partial charge in [0, 0.05) is 32.5 Å². The van der Waals surface area contributed by atoms with E-state index >= 15 is 0 Å². The smallest absolute Gasteiger partial charge is 0.306 e. The number of piperidine rings is 1. The minimum atomic E-state index is -1.46. The third kappa shape index (κ3) is 5.16. The number of nitrogens with zero attached hydrogens (tertiary/aromatic N) is 1. The number of carbonyl (C=O) groups excluding carboxylic acids is 2. The fourth-order valence-corrected chi connectivity index (χ4v) is 2.27. The van der Waals surface area contributed by atoms with E-state index in [-0.39, 0.29) is 24.3 Å². The molecule has 1 heterocycles. The van der Waals surface area contributed by atoms with Crippen LogP contribution in [-0.4, -0.2) is 58.1 Å². The van der Waals surface area contributed by atoms with E-state index < -0.39 is 18.0 Å². The molecule has 1 aliphatic rings. The minimum Gasteiger partial charge on any atom is -0.481 e. The van der Waals surface area contributed by atoms with Gasteiger partial charge in [-0.05, 0) is 19.8 Å². The second-order valence-electron chi connectivity index (χ2n) is 5.57. The maximum Gasteiger partial charge on any atom is 0.306 e. The third-order valence-electron chi connectivity index (χ3n) is 3.49. The first-order valence-electron chi connectivity index (χ1n) is 6.69. The monoisotopic (exact) mass is 286 g/mol. The van der Waals surface area contributed by atoms with Gasteiger partial charge in [-0.2, -0.15) is 0 Å². The van der Waals surface area contributed by atoms with E-state index in [1.807, 2.05) is 0 Å². The molecule has 1 atom stereocenters. The highest BCUT2D eigenvalue weighted by molar-refractivity contribution is 5.79. The van der Waals surface area contributed by atoms with Gasteiger partial charge in [0.2, 0.25) is 11.8 Å². The van der Waals surface area contributed by atoms with Crippen LogP contribution in [0.3, 0.4) is 0 Å². The molecular weight excluding hydrogens is 264 g/mol. The normalized spacial score (nSPS) is 19.2. The van der Waals surface area contributed by atoms with Gasteiger partial charge in [0.15, 0.2) is 0 Å². The SMILES string of the molecule is CC(=O)N1CCC(C(=O)NCC(C)(O)CC(=O)O)CC1. The number of nitrogens with one attached hydrogen (secondary N) is 1. The van der Waals surface area contributed by atoms with Crippen LogP contribution in [0.5, 0.6) is 0 Å². The van der Waals surface area contributed by atoms with Gasteiger partial charge in [-0.25, -0.2) is 0 Å². The van der Waals surface area contributed by atoms with Gasteiger partial charge >= 0.3 is 5.97 Å². The van der Waals surface area contributed by atoms with Crippen molar-refractivity contribution in [1.29, 1.82) is 0 Å². The first kappa shape index (κ1) is 16.4. The summed E-state index contributed by atoms with van der Waals surface area (Å²) in [5.41, 5.74) is -1.46. The van der Waals surface area contributed by atoms with E-state index in [0.717, 1.165) is 0 Å². The Labute approximate surface area is 117 Å². The van der Waals surface area contributed by atoms with Crippen LogP contribution in [0.1, 0.15) is 33.1 Å². The molecule has 0 aromatic rings. The molecule has 0 aromatic heterocycles. The summed E-state index contributed by atoms with van der Waals surface area (Å²) < 4.78 is 0. The number of carboxylic acids is 1. The van der Waals surface area contributed by atoms with Crippen molar-refractivity contribution in [2.24, 2.45) is 5.92 Å². The molecule has 20 heavy (non-hydrogen) atoms.